The number of carbonyl (C=O) groups excluding carboxylic acids is 1. The van der Waals surface area contributed by atoms with Crippen molar-refractivity contribution in [2.45, 2.75) is 25.1 Å². The van der Waals surface area contributed by atoms with Crippen LogP contribution in [-0.2, 0) is 11.8 Å². The maximum absolute atomic E-state index is 14.9. The molecular weight excluding hydrogens is 399 g/mol. The van der Waals surface area contributed by atoms with Crippen LogP contribution in [0, 0.1) is 0 Å². The van der Waals surface area contributed by atoms with Crippen LogP contribution in [-0.4, -0.2) is 60.6 Å². The summed E-state index contributed by atoms with van der Waals surface area (Å²) in [5.41, 5.74) is 1.81. The van der Waals surface area contributed by atoms with Gasteiger partial charge >= 0.3 is 0 Å². The number of ether oxygens (including phenoxy) is 1. The maximum atomic E-state index is 14.9. The first kappa shape index (κ1) is 19.4. The summed E-state index contributed by atoms with van der Waals surface area (Å²) in [5, 5.41) is 8.74. The Morgan fingerprint density at radius 2 is 2.21 bits per heavy atom. The fraction of sp³-hybridized carbons (Fsp3) is 0.368. The normalized spacial score (nSPS) is 19.9. The molecular formula is C19H20ClFN6O2. The minimum Gasteiger partial charge on any atom is -0.470 e. The van der Waals surface area contributed by atoms with E-state index in [9.17, 15) is 9.18 Å². The second kappa shape index (κ2) is 7.82. The van der Waals surface area contributed by atoms with Gasteiger partial charge in [-0.3, -0.25) is 9.48 Å². The summed E-state index contributed by atoms with van der Waals surface area (Å²) in [4.78, 5) is 17.9. The third kappa shape index (κ3) is 3.82. The van der Waals surface area contributed by atoms with Gasteiger partial charge in [0.1, 0.15) is 11.6 Å². The minimum absolute atomic E-state index is 0.0545. The van der Waals surface area contributed by atoms with Crippen molar-refractivity contribution in [2.24, 2.45) is 7.05 Å². The molecule has 29 heavy (non-hydrogen) atoms. The Labute approximate surface area is 171 Å². The van der Waals surface area contributed by atoms with E-state index < -0.39 is 12.3 Å². The molecule has 0 bridgehead atoms. The van der Waals surface area contributed by atoms with Gasteiger partial charge in [-0.15, -0.1) is 0 Å². The van der Waals surface area contributed by atoms with Gasteiger partial charge in [-0.05, 0) is 18.9 Å². The number of hydrogen-bond donors (Lipinski definition) is 0. The van der Waals surface area contributed by atoms with E-state index in [2.05, 4.69) is 21.8 Å². The predicted octanol–water partition coefficient (Wildman–Crippen LogP) is 2.68. The Bertz CT molecular complexity index is 1060. The number of aryl methyl sites for hydroxylation is 1. The lowest BCUT2D eigenvalue weighted by atomic mass is 10.1. The van der Waals surface area contributed by atoms with Gasteiger partial charge in [0.05, 0.1) is 35.9 Å². The molecule has 3 aromatic rings. The summed E-state index contributed by atoms with van der Waals surface area (Å²) >= 11 is 6.27. The zero-order valence-corrected chi connectivity index (χ0v) is 16.6. The standard InChI is InChI=1S/C19H20ClFN6O2/c1-3-17(28)26-6-4-5-16(14(21)10-26)29-19-18-13(20)8-23-27(18)11-15(24-19)12-7-22-25(2)9-12/h3,7-9,11,14,16H,1,4-6,10H2,2H3/t14-,16+/m1/s1. The first-order chi connectivity index (χ1) is 14.0. The smallest absolute Gasteiger partial charge is 0.246 e. The maximum Gasteiger partial charge on any atom is 0.246 e. The molecule has 1 aliphatic rings. The van der Waals surface area contributed by atoms with E-state index in [0.29, 0.717) is 35.6 Å². The van der Waals surface area contributed by atoms with Crippen LogP contribution in [0.4, 0.5) is 4.39 Å². The number of halogens is 2. The number of hydrogen-bond acceptors (Lipinski definition) is 5. The molecule has 152 valence electrons. The molecule has 1 fully saturated rings. The lowest BCUT2D eigenvalue weighted by Gasteiger charge is -2.23. The highest BCUT2D eigenvalue weighted by Gasteiger charge is 2.31. The van der Waals surface area contributed by atoms with Crippen LogP contribution in [0.5, 0.6) is 5.88 Å². The van der Waals surface area contributed by atoms with Gasteiger partial charge < -0.3 is 9.64 Å². The van der Waals surface area contributed by atoms with Gasteiger partial charge in [0.25, 0.3) is 0 Å². The quantitative estimate of drug-likeness (QED) is 0.609. The van der Waals surface area contributed by atoms with E-state index in [4.69, 9.17) is 16.3 Å². The summed E-state index contributed by atoms with van der Waals surface area (Å²) in [5.74, 6) is -0.0868. The molecule has 3 aromatic heterocycles. The molecule has 2 atom stereocenters. The first-order valence-corrected chi connectivity index (χ1v) is 9.59. The van der Waals surface area contributed by atoms with Gasteiger partial charge in [0, 0.05) is 25.4 Å². The molecule has 0 unspecified atom stereocenters. The third-order valence-corrected chi connectivity index (χ3v) is 5.16. The number of fused-ring (bicyclic) bond motifs is 1. The highest BCUT2D eigenvalue weighted by Crippen LogP contribution is 2.31. The Hall–Kier alpha value is -2.94. The van der Waals surface area contributed by atoms with Gasteiger partial charge in [-0.1, -0.05) is 18.2 Å². The number of amides is 1. The molecule has 0 radical (unpaired) electrons. The van der Waals surface area contributed by atoms with E-state index in [0.717, 1.165) is 5.56 Å². The van der Waals surface area contributed by atoms with Crippen molar-refractivity contribution in [1.29, 1.82) is 0 Å². The van der Waals surface area contributed by atoms with Crippen molar-refractivity contribution in [3.63, 3.8) is 0 Å². The average molecular weight is 419 g/mol. The summed E-state index contributed by atoms with van der Waals surface area (Å²) in [6.07, 6.45) is 6.81. The molecule has 1 aliphatic heterocycles. The van der Waals surface area contributed by atoms with Crippen LogP contribution >= 0.6 is 11.6 Å². The van der Waals surface area contributed by atoms with Crippen molar-refractivity contribution in [3.8, 4) is 17.1 Å². The third-order valence-electron chi connectivity index (χ3n) is 4.88. The number of carbonyl (C=O) groups is 1. The Morgan fingerprint density at radius 3 is 2.93 bits per heavy atom. The molecule has 0 spiro atoms. The fourth-order valence-corrected chi connectivity index (χ4v) is 3.62. The summed E-state index contributed by atoms with van der Waals surface area (Å²) in [6.45, 7) is 3.87. The summed E-state index contributed by atoms with van der Waals surface area (Å²) in [6, 6.07) is 0. The zero-order valence-electron chi connectivity index (χ0n) is 15.8. The van der Waals surface area contributed by atoms with Crippen LogP contribution in [0.2, 0.25) is 5.02 Å². The van der Waals surface area contributed by atoms with Crippen LogP contribution < -0.4 is 4.74 Å². The van der Waals surface area contributed by atoms with Crippen LogP contribution in [0.3, 0.4) is 0 Å². The second-order valence-corrected chi connectivity index (χ2v) is 7.33. The molecule has 0 aromatic carbocycles. The molecule has 0 N–H and O–H groups in total. The lowest BCUT2D eigenvalue weighted by molar-refractivity contribution is -0.126. The van der Waals surface area contributed by atoms with E-state index in [1.165, 1.54) is 17.2 Å². The Morgan fingerprint density at radius 1 is 1.38 bits per heavy atom. The lowest BCUT2D eigenvalue weighted by Crippen LogP contribution is -2.38. The number of likely N-dealkylation sites (tertiary alicyclic amines) is 1. The fourth-order valence-electron chi connectivity index (χ4n) is 3.41. The van der Waals surface area contributed by atoms with Gasteiger partial charge in [0.15, 0.2) is 6.17 Å². The number of alkyl halides is 1. The highest BCUT2D eigenvalue weighted by atomic mass is 35.5. The Kier molecular flexibility index (Phi) is 5.23. The second-order valence-electron chi connectivity index (χ2n) is 6.92. The van der Waals surface area contributed by atoms with Gasteiger partial charge in [0.2, 0.25) is 11.8 Å². The molecule has 0 aliphatic carbocycles. The van der Waals surface area contributed by atoms with E-state index in [1.54, 1.807) is 28.6 Å². The molecule has 8 nitrogen and oxygen atoms in total. The highest BCUT2D eigenvalue weighted by molar-refractivity contribution is 6.34. The minimum atomic E-state index is -1.37. The van der Waals surface area contributed by atoms with E-state index in [1.807, 2.05) is 6.20 Å². The van der Waals surface area contributed by atoms with E-state index >= 15 is 0 Å². The topological polar surface area (TPSA) is 77.6 Å². The molecule has 0 saturated carbocycles. The van der Waals surface area contributed by atoms with Crippen molar-refractivity contribution in [1.82, 2.24) is 29.3 Å². The van der Waals surface area contributed by atoms with Crippen LogP contribution in [0.15, 0.2) is 37.4 Å². The number of nitrogens with zero attached hydrogens (tertiary/aromatic N) is 6. The molecule has 1 amide bonds. The average Bonchev–Trinajstić information content (AvgIpc) is 3.26. The summed E-state index contributed by atoms with van der Waals surface area (Å²) in [7, 11) is 1.81. The Balaban J connectivity index is 1.67. The molecule has 4 rings (SSSR count). The zero-order chi connectivity index (χ0) is 20.5. The number of rotatable bonds is 4. The van der Waals surface area contributed by atoms with E-state index in [-0.39, 0.29) is 18.3 Å². The molecule has 10 heteroatoms. The van der Waals surface area contributed by atoms with Gasteiger partial charge in [-0.2, -0.15) is 10.2 Å². The van der Waals surface area contributed by atoms with Crippen molar-refractivity contribution in [3.05, 3.63) is 42.5 Å². The van der Waals surface area contributed by atoms with Crippen molar-refractivity contribution in [2.75, 3.05) is 13.1 Å². The van der Waals surface area contributed by atoms with Crippen LogP contribution in [0.1, 0.15) is 12.8 Å². The largest absolute Gasteiger partial charge is 0.470 e. The molecule has 1 saturated heterocycles. The van der Waals surface area contributed by atoms with Crippen molar-refractivity contribution < 1.29 is 13.9 Å². The first-order valence-electron chi connectivity index (χ1n) is 9.21. The molecule has 4 heterocycles. The summed E-state index contributed by atoms with van der Waals surface area (Å²) < 4.78 is 24.2. The van der Waals surface area contributed by atoms with Gasteiger partial charge in [-0.25, -0.2) is 13.9 Å². The monoisotopic (exact) mass is 418 g/mol. The predicted molar refractivity (Wildman–Crippen MR) is 106 cm³/mol. The SMILES string of the molecule is C=CC(=O)N1CCC[C@H](Oc2nc(-c3cnn(C)c3)cn3ncc(Cl)c23)[C@H](F)C1. The number of aromatic nitrogens is 5. The van der Waals surface area contributed by atoms with Crippen LogP contribution in [0.25, 0.3) is 16.8 Å². The van der Waals surface area contributed by atoms with Crippen molar-refractivity contribution >= 4 is 23.0 Å².